The van der Waals surface area contributed by atoms with Gasteiger partial charge in [0.1, 0.15) is 17.2 Å². The number of aromatic nitrogens is 5. The Labute approximate surface area is 213 Å². The Bertz CT molecular complexity index is 1520. The SMILES string of the molecule is CC(CCO)N(c1c(N)nc(-c2nn(Cc3ccccc3F)c3ncccc23)nc1N)S(=O)(=O)N(C)C. The maximum absolute atomic E-state index is 14.3. The van der Waals surface area contributed by atoms with Crippen LogP contribution in [-0.2, 0) is 16.8 Å². The molecule has 4 aromatic rings. The predicted octanol–water partition coefficient (Wildman–Crippen LogP) is 1.62. The number of pyridine rings is 1. The summed E-state index contributed by atoms with van der Waals surface area (Å²) in [5, 5.41) is 14.6. The van der Waals surface area contributed by atoms with Crippen molar-refractivity contribution in [2.75, 3.05) is 36.5 Å². The normalized spacial score (nSPS) is 12.8. The summed E-state index contributed by atoms with van der Waals surface area (Å²) in [5.41, 5.74) is 13.6. The van der Waals surface area contributed by atoms with Crippen molar-refractivity contribution >= 4 is 38.6 Å². The van der Waals surface area contributed by atoms with E-state index in [1.807, 2.05) is 0 Å². The molecule has 0 spiro atoms. The summed E-state index contributed by atoms with van der Waals surface area (Å²) < 4.78 is 44.1. The van der Waals surface area contributed by atoms with Gasteiger partial charge < -0.3 is 16.6 Å². The molecule has 0 saturated carbocycles. The number of fused-ring (bicyclic) bond motifs is 1. The highest BCUT2D eigenvalue weighted by molar-refractivity contribution is 7.90. The zero-order valence-electron chi connectivity index (χ0n) is 20.6. The molecule has 1 aromatic carbocycles. The van der Waals surface area contributed by atoms with Gasteiger partial charge in [0.25, 0.3) is 0 Å². The summed E-state index contributed by atoms with van der Waals surface area (Å²) in [6.07, 6.45) is 1.72. The van der Waals surface area contributed by atoms with Crippen LogP contribution in [0.4, 0.5) is 21.7 Å². The van der Waals surface area contributed by atoms with Gasteiger partial charge in [-0.05, 0) is 31.5 Å². The lowest BCUT2D eigenvalue weighted by Gasteiger charge is -2.33. The van der Waals surface area contributed by atoms with Crippen molar-refractivity contribution in [3.8, 4) is 11.5 Å². The molecule has 3 aromatic heterocycles. The Morgan fingerprint density at radius 1 is 1.11 bits per heavy atom. The summed E-state index contributed by atoms with van der Waals surface area (Å²) in [7, 11) is -1.31. The molecule has 0 amide bonds. The third-order valence-corrected chi connectivity index (χ3v) is 7.77. The molecule has 0 aliphatic carbocycles. The lowest BCUT2D eigenvalue weighted by atomic mass is 10.2. The lowest BCUT2D eigenvalue weighted by Crippen LogP contribution is -2.46. The second-order valence-corrected chi connectivity index (χ2v) is 10.6. The van der Waals surface area contributed by atoms with Crippen LogP contribution in [0.2, 0.25) is 0 Å². The van der Waals surface area contributed by atoms with E-state index in [0.29, 0.717) is 22.3 Å². The van der Waals surface area contributed by atoms with Crippen molar-refractivity contribution in [1.29, 1.82) is 0 Å². The number of benzene rings is 1. The first-order chi connectivity index (χ1) is 17.6. The van der Waals surface area contributed by atoms with Crippen LogP contribution in [0.25, 0.3) is 22.6 Å². The third kappa shape index (κ3) is 4.90. The fraction of sp³-hybridized carbons (Fsp3) is 0.304. The molecule has 37 heavy (non-hydrogen) atoms. The van der Waals surface area contributed by atoms with Gasteiger partial charge in [0, 0.05) is 38.5 Å². The third-order valence-electron chi connectivity index (χ3n) is 5.81. The second-order valence-electron chi connectivity index (χ2n) is 8.59. The Morgan fingerprint density at radius 2 is 1.78 bits per heavy atom. The number of nitrogens with two attached hydrogens (primary N) is 2. The summed E-state index contributed by atoms with van der Waals surface area (Å²) in [6.45, 7) is 1.47. The molecular weight excluding hydrogens is 501 g/mol. The average molecular weight is 530 g/mol. The van der Waals surface area contributed by atoms with Gasteiger partial charge in [-0.25, -0.2) is 28.3 Å². The smallest absolute Gasteiger partial charge is 0.304 e. The Morgan fingerprint density at radius 3 is 2.41 bits per heavy atom. The topological polar surface area (TPSA) is 169 Å². The first kappa shape index (κ1) is 26.2. The largest absolute Gasteiger partial charge is 0.396 e. The molecule has 14 heteroatoms. The van der Waals surface area contributed by atoms with Crippen molar-refractivity contribution in [3.05, 3.63) is 54.0 Å². The van der Waals surface area contributed by atoms with Gasteiger partial charge in [-0.2, -0.15) is 17.8 Å². The standard InChI is InChI=1S/C23H28FN9O3S/c1-14(10-12-34)33(37(35,36)31(2)3)19-20(25)28-22(29-21(19)26)18-16-8-6-11-27-23(16)32(30-18)13-15-7-4-5-9-17(15)24/h4-9,11,14,34H,10,12-13H2,1-3H3,(H4,25,26,28,29). The van der Waals surface area contributed by atoms with Crippen LogP contribution in [0.1, 0.15) is 18.9 Å². The minimum Gasteiger partial charge on any atom is -0.396 e. The van der Waals surface area contributed by atoms with E-state index in [4.69, 9.17) is 11.5 Å². The maximum atomic E-state index is 14.3. The Kier molecular flexibility index (Phi) is 7.25. The zero-order chi connectivity index (χ0) is 26.9. The van der Waals surface area contributed by atoms with Gasteiger partial charge in [-0.1, -0.05) is 18.2 Å². The monoisotopic (exact) mass is 529 g/mol. The number of rotatable bonds is 9. The number of hydrogen-bond donors (Lipinski definition) is 3. The van der Waals surface area contributed by atoms with E-state index in [1.54, 1.807) is 43.5 Å². The molecule has 12 nitrogen and oxygen atoms in total. The molecule has 1 atom stereocenters. The molecule has 1 unspecified atom stereocenters. The summed E-state index contributed by atoms with van der Waals surface area (Å²) >= 11 is 0. The minimum absolute atomic E-state index is 0.0565. The van der Waals surface area contributed by atoms with Crippen LogP contribution in [-0.4, -0.2) is 69.3 Å². The van der Waals surface area contributed by atoms with Crippen molar-refractivity contribution in [3.63, 3.8) is 0 Å². The molecular formula is C23H28FN9O3S. The van der Waals surface area contributed by atoms with Crippen LogP contribution < -0.4 is 15.8 Å². The van der Waals surface area contributed by atoms with Crippen molar-refractivity contribution in [2.45, 2.75) is 25.9 Å². The fourth-order valence-corrected chi connectivity index (χ4v) is 5.27. The van der Waals surface area contributed by atoms with Crippen molar-refractivity contribution in [2.24, 2.45) is 0 Å². The van der Waals surface area contributed by atoms with E-state index in [2.05, 4.69) is 20.1 Å². The molecule has 0 saturated heterocycles. The zero-order valence-corrected chi connectivity index (χ0v) is 21.4. The summed E-state index contributed by atoms with van der Waals surface area (Å²) in [6, 6.07) is 9.13. The van der Waals surface area contributed by atoms with E-state index in [1.165, 1.54) is 24.8 Å². The minimum atomic E-state index is -4.05. The second kappa shape index (κ2) is 10.2. The number of aliphatic hydroxyl groups is 1. The molecule has 0 radical (unpaired) electrons. The predicted molar refractivity (Wildman–Crippen MR) is 139 cm³/mol. The van der Waals surface area contributed by atoms with E-state index < -0.39 is 16.3 Å². The fourth-order valence-electron chi connectivity index (χ4n) is 3.94. The highest BCUT2D eigenvalue weighted by Crippen LogP contribution is 2.36. The maximum Gasteiger partial charge on any atom is 0.304 e. The highest BCUT2D eigenvalue weighted by Gasteiger charge is 2.34. The molecule has 5 N–H and O–H groups in total. The number of anilines is 3. The van der Waals surface area contributed by atoms with Crippen LogP contribution >= 0.6 is 0 Å². The molecule has 4 rings (SSSR count). The first-order valence-corrected chi connectivity index (χ1v) is 12.8. The molecule has 0 aliphatic rings. The average Bonchev–Trinajstić information content (AvgIpc) is 3.21. The van der Waals surface area contributed by atoms with Crippen molar-refractivity contribution < 1.29 is 17.9 Å². The molecule has 0 aliphatic heterocycles. The van der Waals surface area contributed by atoms with Crippen LogP contribution in [0.15, 0.2) is 42.6 Å². The summed E-state index contributed by atoms with van der Waals surface area (Å²) in [4.78, 5) is 13.1. The quantitative estimate of drug-likeness (QED) is 0.292. The van der Waals surface area contributed by atoms with Gasteiger partial charge in [-0.3, -0.25) is 0 Å². The first-order valence-electron chi connectivity index (χ1n) is 11.4. The van der Waals surface area contributed by atoms with Crippen LogP contribution in [0.3, 0.4) is 0 Å². The van der Waals surface area contributed by atoms with Gasteiger partial charge in [-0.15, -0.1) is 0 Å². The van der Waals surface area contributed by atoms with Gasteiger partial charge in [0.2, 0.25) is 0 Å². The van der Waals surface area contributed by atoms with E-state index in [-0.39, 0.29) is 48.5 Å². The van der Waals surface area contributed by atoms with E-state index >= 15 is 0 Å². The molecule has 0 bridgehead atoms. The van der Waals surface area contributed by atoms with E-state index in [0.717, 1.165) is 8.61 Å². The van der Waals surface area contributed by atoms with Crippen LogP contribution in [0.5, 0.6) is 0 Å². The summed E-state index contributed by atoms with van der Waals surface area (Å²) in [5.74, 6) is -0.685. The van der Waals surface area contributed by atoms with Crippen LogP contribution in [0, 0.1) is 5.82 Å². The number of aliphatic hydroxyl groups excluding tert-OH is 1. The molecule has 3 heterocycles. The number of nitrogen functional groups attached to an aromatic ring is 2. The highest BCUT2D eigenvalue weighted by atomic mass is 32.2. The van der Waals surface area contributed by atoms with E-state index in [9.17, 15) is 17.9 Å². The Balaban J connectivity index is 1.85. The molecule has 0 fully saturated rings. The number of hydrogen-bond acceptors (Lipinski definition) is 9. The number of nitrogens with zero attached hydrogens (tertiary/aromatic N) is 7. The van der Waals surface area contributed by atoms with Gasteiger partial charge >= 0.3 is 10.2 Å². The van der Waals surface area contributed by atoms with Gasteiger partial charge in [0.05, 0.1) is 11.9 Å². The van der Waals surface area contributed by atoms with Crippen molar-refractivity contribution in [1.82, 2.24) is 29.0 Å². The van der Waals surface area contributed by atoms with Gasteiger partial charge in [0.15, 0.2) is 23.1 Å². The number of halogens is 1. The lowest BCUT2D eigenvalue weighted by molar-refractivity contribution is 0.279. The Hall–Kier alpha value is -3.88. The molecule has 196 valence electrons.